The number of halogens is 1. The van der Waals surface area contributed by atoms with E-state index < -0.39 is 6.04 Å². The lowest BCUT2D eigenvalue weighted by Crippen LogP contribution is -2.58. The maximum absolute atomic E-state index is 13.5. The number of fused-ring (bicyclic) bond motifs is 2. The van der Waals surface area contributed by atoms with Crippen LogP contribution >= 0.6 is 0 Å². The van der Waals surface area contributed by atoms with Gasteiger partial charge in [0.1, 0.15) is 11.9 Å². The SMILES string of the molecule is O=C1CCC(N2Cc3cc(CN4CC(N5CCc6cc(F)ccc65)C4)ccc3C2=O)C(=O)N1. The Morgan fingerprint density at radius 3 is 2.64 bits per heavy atom. The van der Waals surface area contributed by atoms with Crippen molar-refractivity contribution in [3.8, 4) is 0 Å². The summed E-state index contributed by atoms with van der Waals surface area (Å²) in [5.74, 6) is -0.970. The zero-order valence-electron chi connectivity index (χ0n) is 18.2. The van der Waals surface area contributed by atoms with Gasteiger partial charge >= 0.3 is 0 Å². The first kappa shape index (κ1) is 20.4. The second kappa shape index (κ2) is 7.66. The number of hydrogen-bond acceptors (Lipinski definition) is 5. The summed E-state index contributed by atoms with van der Waals surface area (Å²) < 4.78 is 13.5. The lowest BCUT2D eigenvalue weighted by Gasteiger charge is -2.45. The van der Waals surface area contributed by atoms with Gasteiger partial charge in [-0.3, -0.25) is 24.6 Å². The third kappa shape index (κ3) is 3.49. The molecule has 170 valence electrons. The molecule has 6 rings (SSSR count). The molecule has 0 bridgehead atoms. The predicted molar refractivity (Wildman–Crippen MR) is 119 cm³/mol. The largest absolute Gasteiger partial charge is 0.365 e. The highest BCUT2D eigenvalue weighted by Gasteiger charge is 2.39. The Morgan fingerprint density at radius 2 is 1.82 bits per heavy atom. The molecule has 2 fully saturated rings. The first-order valence-corrected chi connectivity index (χ1v) is 11.5. The number of carbonyl (C=O) groups is 3. The number of rotatable bonds is 4. The molecule has 2 aromatic carbocycles. The summed E-state index contributed by atoms with van der Waals surface area (Å²) in [7, 11) is 0. The summed E-state index contributed by atoms with van der Waals surface area (Å²) in [5, 5.41) is 2.34. The molecule has 4 aliphatic heterocycles. The van der Waals surface area contributed by atoms with E-state index in [9.17, 15) is 18.8 Å². The van der Waals surface area contributed by atoms with Gasteiger partial charge in [-0.15, -0.1) is 0 Å². The van der Waals surface area contributed by atoms with Crippen molar-refractivity contribution in [3.63, 3.8) is 0 Å². The van der Waals surface area contributed by atoms with E-state index in [2.05, 4.69) is 21.2 Å². The number of amides is 3. The van der Waals surface area contributed by atoms with Crippen molar-refractivity contribution in [3.05, 3.63) is 64.5 Å². The molecule has 0 aromatic heterocycles. The molecular formula is C25H25FN4O3. The topological polar surface area (TPSA) is 73.0 Å². The van der Waals surface area contributed by atoms with Crippen molar-refractivity contribution >= 4 is 23.4 Å². The molecule has 2 aromatic rings. The van der Waals surface area contributed by atoms with Crippen molar-refractivity contribution in [2.75, 3.05) is 24.5 Å². The third-order valence-corrected chi connectivity index (χ3v) is 7.35. The van der Waals surface area contributed by atoms with Gasteiger partial charge in [0.2, 0.25) is 11.8 Å². The Bertz CT molecular complexity index is 1180. The normalized spacial score (nSPS) is 22.9. The highest BCUT2D eigenvalue weighted by molar-refractivity contribution is 6.05. The van der Waals surface area contributed by atoms with Crippen LogP contribution in [0.4, 0.5) is 10.1 Å². The van der Waals surface area contributed by atoms with Crippen molar-refractivity contribution in [2.24, 2.45) is 0 Å². The van der Waals surface area contributed by atoms with E-state index in [1.165, 1.54) is 6.07 Å². The molecule has 0 spiro atoms. The number of imide groups is 1. The molecule has 0 saturated carbocycles. The molecule has 2 saturated heterocycles. The van der Waals surface area contributed by atoms with Crippen LogP contribution in [0, 0.1) is 5.82 Å². The minimum atomic E-state index is -0.584. The highest BCUT2D eigenvalue weighted by atomic mass is 19.1. The van der Waals surface area contributed by atoms with Crippen LogP contribution in [0.2, 0.25) is 0 Å². The number of carbonyl (C=O) groups excluding carboxylic acids is 3. The van der Waals surface area contributed by atoms with E-state index in [-0.39, 0.29) is 30.0 Å². The predicted octanol–water partition coefficient (Wildman–Crippen LogP) is 1.83. The molecule has 0 radical (unpaired) electrons. The van der Waals surface area contributed by atoms with E-state index >= 15 is 0 Å². The van der Waals surface area contributed by atoms with E-state index in [0.29, 0.717) is 24.6 Å². The fourth-order valence-electron chi connectivity index (χ4n) is 5.63. The highest BCUT2D eigenvalue weighted by Crippen LogP contribution is 2.34. The van der Waals surface area contributed by atoms with Crippen molar-refractivity contribution < 1.29 is 18.8 Å². The van der Waals surface area contributed by atoms with E-state index in [1.54, 1.807) is 11.0 Å². The van der Waals surface area contributed by atoms with Gasteiger partial charge in [0.15, 0.2) is 0 Å². The average Bonchev–Trinajstić information content (AvgIpc) is 3.31. The summed E-state index contributed by atoms with van der Waals surface area (Å²) in [5.41, 5.74) is 4.98. The molecule has 1 atom stereocenters. The second-order valence-corrected chi connectivity index (χ2v) is 9.46. The van der Waals surface area contributed by atoms with Gasteiger partial charge in [-0.1, -0.05) is 12.1 Å². The molecule has 7 nitrogen and oxygen atoms in total. The first-order chi connectivity index (χ1) is 16.0. The quantitative estimate of drug-likeness (QED) is 0.723. The van der Waals surface area contributed by atoms with Crippen LogP contribution in [0.25, 0.3) is 0 Å². The van der Waals surface area contributed by atoms with E-state index in [4.69, 9.17) is 0 Å². The smallest absolute Gasteiger partial charge is 0.255 e. The van der Waals surface area contributed by atoms with Gasteiger partial charge in [0.25, 0.3) is 5.91 Å². The van der Waals surface area contributed by atoms with Crippen LogP contribution in [0.3, 0.4) is 0 Å². The van der Waals surface area contributed by atoms with Crippen molar-refractivity contribution in [1.29, 1.82) is 0 Å². The number of piperidine rings is 1. The average molecular weight is 448 g/mol. The van der Waals surface area contributed by atoms with Gasteiger partial charge < -0.3 is 9.80 Å². The Kier molecular flexibility index (Phi) is 4.72. The van der Waals surface area contributed by atoms with Crippen molar-refractivity contribution in [2.45, 2.75) is 44.4 Å². The molecule has 1 N–H and O–H groups in total. The van der Waals surface area contributed by atoms with Crippen LogP contribution in [-0.4, -0.2) is 59.2 Å². The Hall–Kier alpha value is -3.26. The van der Waals surface area contributed by atoms with Crippen LogP contribution in [0.15, 0.2) is 36.4 Å². The van der Waals surface area contributed by atoms with Gasteiger partial charge in [0, 0.05) is 50.4 Å². The molecule has 8 heteroatoms. The van der Waals surface area contributed by atoms with Crippen LogP contribution in [-0.2, 0) is 29.1 Å². The fourth-order valence-corrected chi connectivity index (χ4v) is 5.63. The Labute approximate surface area is 191 Å². The molecule has 33 heavy (non-hydrogen) atoms. The van der Waals surface area contributed by atoms with Crippen molar-refractivity contribution in [1.82, 2.24) is 15.1 Å². The maximum Gasteiger partial charge on any atom is 0.255 e. The summed E-state index contributed by atoms with van der Waals surface area (Å²) in [6.45, 7) is 4.05. The first-order valence-electron chi connectivity index (χ1n) is 11.5. The molecule has 4 aliphatic rings. The minimum absolute atomic E-state index is 0.140. The maximum atomic E-state index is 13.5. The number of hydrogen-bond donors (Lipinski definition) is 1. The summed E-state index contributed by atoms with van der Waals surface area (Å²) >= 11 is 0. The summed E-state index contributed by atoms with van der Waals surface area (Å²) in [6.07, 6.45) is 1.53. The molecule has 1 unspecified atom stereocenters. The number of nitrogens with zero attached hydrogens (tertiary/aromatic N) is 3. The standard InChI is InChI=1S/C25H25FN4O3/c26-18-2-4-21-16(10-18)7-8-29(21)19-13-28(14-19)11-15-1-3-20-17(9-15)12-30(25(20)33)22-5-6-23(31)27-24(22)32/h1-4,9-10,19,22H,5-8,11-14H2,(H,27,31,32). The summed E-state index contributed by atoms with van der Waals surface area (Å²) in [4.78, 5) is 42.9. The molecule has 3 amide bonds. The lowest BCUT2D eigenvalue weighted by molar-refractivity contribution is -0.136. The number of nitrogens with one attached hydrogen (secondary N) is 1. The Morgan fingerprint density at radius 1 is 0.970 bits per heavy atom. The zero-order chi connectivity index (χ0) is 22.7. The minimum Gasteiger partial charge on any atom is -0.365 e. The number of likely N-dealkylation sites (tertiary alicyclic amines) is 1. The molecular weight excluding hydrogens is 423 g/mol. The van der Waals surface area contributed by atoms with Gasteiger partial charge in [-0.05, 0) is 53.8 Å². The monoisotopic (exact) mass is 448 g/mol. The van der Waals surface area contributed by atoms with Crippen LogP contribution in [0.1, 0.15) is 39.9 Å². The lowest BCUT2D eigenvalue weighted by atomic mass is 10.0. The summed E-state index contributed by atoms with van der Waals surface area (Å²) in [6, 6.07) is 10.9. The van der Waals surface area contributed by atoms with Crippen LogP contribution in [0.5, 0.6) is 0 Å². The van der Waals surface area contributed by atoms with E-state index in [0.717, 1.165) is 55.0 Å². The van der Waals surface area contributed by atoms with Gasteiger partial charge in [-0.25, -0.2) is 4.39 Å². The molecule has 4 heterocycles. The number of benzene rings is 2. The zero-order valence-corrected chi connectivity index (χ0v) is 18.2. The molecule has 0 aliphatic carbocycles. The number of anilines is 1. The Balaban J connectivity index is 1.09. The fraction of sp³-hybridized carbons (Fsp3) is 0.400. The van der Waals surface area contributed by atoms with Gasteiger partial charge in [0.05, 0.1) is 6.04 Å². The van der Waals surface area contributed by atoms with Gasteiger partial charge in [-0.2, -0.15) is 0 Å². The van der Waals surface area contributed by atoms with Crippen LogP contribution < -0.4 is 10.2 Å². The van der Waals surface area contributed by atoms with E-state index in [1.807, 2.05) is 18.2 Å². The second-order valence-electron chi connectivity index (χ2n) is 9.46. The third-order valence-electron chi connectivity index (χ3n) is 7.35.